The fourth-order valence-electron chi connectivity index (χ4n) is 1.61. The van der Waals surface area contributed by atoms with Crippen molar-refractivity contribution in [1.82, 2.24) is 5.32 Å². The molecule has 0 radical (unpaired) electrons. The first kappa shape index (κ1) is 10.8. The Bertz CT molecular complexity index is 385. The standard InChI is InChI=1S/C12H14BrNO/c1-8-2-3-9(4-11(8)13)5-12(15)10-6-14-7-10/h2-4,10,14H,5-7H2,1H3. The van der Waals surface area contributed by atoms with Crippen LogP contribution in [0, 0.1) is 12.8 Å². The van der Waals surface area contributed by atoms with Gasteiger partial charge in [0.15, 0.2) is 0 Å². The number of carbonyl (C=O) groups is 1. The van der Waals surface area contributed by atoms with Crippen molar-refractivity contribution < 1.29 is 4.79 Å². The fraction of sp³-hybridized carbons (Fsp3) is 0.417. The van der Waals surface area contributed by atoms with Gasteiger partial charge in [0.05, 0.1) is 0 Å². The van der Waals surface area contributed by atoms with Gasteiger partial charge in [0.2, 0.25) is 0 Å². The molecule has 0 saturated carbocycles. The summed E-state index contributed by atoms with van der Waals surface area (Å²) >= 11 is 3.48. The first-order valence-electron chi connectivity index (χ1n) is 5.15. The molecular formula is C12H14BrNO. The van der Waals surface area contributed by atoms with Crippen LogP contribution in [0.5, 0.6) is 0 Å². The molecule has 1 aromatic carbocycles. The smallest absolute Gasteiger partial charge is 0.142 e. The molecule has 0 bridgehead atoms. The summed E-state index contributed by atoms with van der Waals surface area (Å²) in [5.41, 5.74) is 2.31. The molecule has 1 N–H and O–H groups in total. The molecule has 0 unspecified atom stereocenters. The predicted molar refractivity (Wildman–Crippen MR) is 63.9 cm³/mol. The highest BCUT2D eigenvalue weighted by Gasteiger charge is 2.24. The van der Waals surface area contributed by atoms with E-state index in [9.17, 15) is 4.79 Å². The van der Waals surface area contributed by atoms with Crippen molar-refractivity contribution in [2.45, 2.75) is 13.3 Å². The van der Waals surface area contributed by atoms with Gasteiger partial charge in [-0.25, -0.2) is 0 Å². The van der Waals surface area contributed by atoms with Gasteiger partial charge in [-0.1, -0.05) is 28.1 Å². The maximum atomic E-state index is 11.7. The minimum Gasteiger partial charge on any atom is -0.315 e. The van der Waals surface area contributed by atoms with Crippen molar-refractivity contribution in [3.8, 4) is 0 Å². The van der Waals surface area contributed by atoms with E-state index in [4.69, 9.17) is 0 Å². The molecule has 1 fully saturated rings. The number of hydrogen-bond donors (Lipinski definition) is 1. The van der Waals surface area contributed by atoms with Crippen LogP contribution in [0.15, 0.2) is 22.7 Å². The summed E-state index contributed by atoms with van der Waals surface area (Å²) in [6, 6.07) is 6.12. The second-order valence-electron chi connectivity index (χ2n) is 4.08. The van der Waals surface area contributed by atoms with Crippen LogP contribution in [0.4, 0.5) is 0 Å². The lowest BCUT2D eigenvalue weighted by Gasteiger charge is -2.25. The second-order valence-corrected chi connectivity index (χ2v) is 4.94. The number of Topliss-reactive ketones (excluding diaryl/α,β-unsaturated/α-hetero) is 1. The molecule has 1 aromatic rings. The first-order valence-corrected chi connectivity index (χ1v) is 5.94. The molecule has 0 atom stereocenters. The van der Waals surface area contributed by atoms with Gasteiger partial charge in [0.25, 0.3) is 0 Å². The predicted octanol–water partition coefficient (Wildman–Crippen LogP) is 2.09. The van der Waals surface area contributed by atoms with E-state index in [0.717, 1.165) is 23.1 Å². The Morgan fingerprint density at radius 1 is 1.53 bits per heavy atom. The number of rotatable bonds is 3. The number of carbonyl (C=O) groups excluding carboxylic acids is 1. The van der Waals surface area contributed by atoms with E-state index in [0.29, 0.717) is 12.2 Å². The van der Waals surface area contributed by atoms with Crippen molar-refractivity contribution in [1.29, 1.82) is 0 Å². The molecule has 3 heteroatoms. The van der Waals surface area contributed by atoms with E-state index >= 15 is 0 Å². The quantitative estimate of drug-likeness (QED) is 0.909. The Balaban J connectivity index is 2.03. The van der Waals surface area contributed by atoms with Crippen LogP contribution in [0.25, 0.3) is 0 Å². The third-order valence-electron chi connectivity index (χ3n) is 2.85. The van der Waals surface area contributed by atoms with Gasteiger partial charge in [-0.3, -0.25) is 4.79 Å². The molecule has 1 saturated heterocycles. The largest absolute Gasteiger partial charge is 0.315 e. The minimum atomic E-state index is 0.241. The highest BCUT2D eigenvalue weighted by atomic mass is 79.9. The minimum absolute atomic E-state index is 0.241. The van der Waals surface area contributed by atoms with Crippen molar-refractivity contribution in [3.05, 3.63) is 33.8 Å². The van der Waals surface area contributed by atoms with Crippen LogP contribution < -0.4 is 5.32 Å². The summed E-state index contributed by atoms with van der Waals surface area (Å²) in [6.45, 7) is 3.75. The Labute approximate surface area is 98.2 Å². The maximum absolute atomic E-state index is 11.7. The van der Waals surface area contributed by atoms with Crippen LogP contribution >= 0.6 is 15.9 Å². The number of halogens is 1. The summed E-state index contributed by atoms with van der Waals surface area (Å²) in [5, 5.41) is 3.12. The number of aryl methyl sites for hydroxylation is 1. The highest BCUT2D eigenvalue weighted by molar-refractivity contribution is 9.10. The van der Waals surface area contributed by atoms with Gasteiger partial charge in [0, 0.05) is 29.9 Å². The van der Waals surface area contributed by atoms with E-state index in [1.165, 1.54) is 5.56 Å². The zero-order valence-corrected chi connectivity index (χ0v) is 10.3. The zero-order valence-electron chi connectivity index (χ0n) is 8.72. The van der Waals surface area contributed by atoms with Crippen LogP contribution in [0.1, 0.15) is 11.1 Å². The molecule has 0 aliphatic carbocycles. The summed E-state index contributed by atoms with van der Waals surface area (Å²) in [4.78, 5) is 11.7. The number of hydrogen-bond acceptors (Lipinski definition) is 2. The van der Waals surface area contributed by atoms with Gasteiger partial charge < -0.3 is 5.32 Å². The zero-order chi connectivity index (χ0) is 10.8. The first-order chi connectivity index (χ1) is 7.16. The van der Waals surface area contributed by atoms with Gasteiger partial charge in [0.1, 0.15) is 5.78 Å². The molecule has 15 heavy (non-hydrogen) atoms. The van der Waals surface area contributed by atoms with Crippen LogP contribution in [-0.2, 0) is 11.2 Å². The molecular weight excluding hydrogens is 254 g/mol. The van der Waals surface area contributed by atoms with Crippen molar-refractivity contribution in [3.63, 3.8) is 0 Å². The number of benzene rings is 1. The fourth-order valence-corrected chi connectivity index (χ4v) is 2.03. The summed E-state index contributed by atoms with van der Waals surface area (Å²) in [6.07, 6.45) is 0.561. The molecule has 1 aliphatic heterocycles. The van der Waals surface area contributed by atoms with Gasteiger partial charge in [-0.2, -0.15) is 0 Å². The van der Waals surface area contributed by atoms with Crippen LogP contribution in [-0.4, -0.2) is 18.9 Å². The molecule has 2 rings (SSSR count). The molecule has 80 valence electrons. The molecule has 0 aromatic heterocycles. The maximum Gasteiger partial charge on any atom is 0.142 e. The lowest BCUT2D eigenvalue weighted by Crippen LogP contribution is -2.47. The van der Waals surface area contributed by atoms with E-state index < -0.39 is 0 Å². The SMILES string of the molecule is Cc1ccc(CC(=O)C2CNC2)cc1Br. The molecule has 1 heterocycles. The Morgan fingerprint density at radius 2 is 2.27 bits per heavy atom. The van der Waals surface area contributed by atoms with Gasteiger partial charge in [-0.05, 0) is 24.1 Å². The van der Waals surface area contributed by atoms with Crippen molar-refractivity contribution >= 4 is 21.7 Å². The van der Waals surface area contributed by atoms with E-state index in [1.54, 1.807) is 0 Å². The monoisotopic (exact) mass is 267 g/mol. The van der Waals surface area contributed by atoms with Crippen LogP contribution in [0.3, 0.4) is 0 Å². The molecule has 0 spiro atoms. The Kier molecular flexibility index (Phi) is 3.22. The summed E-state index contributed by atoms with van der Waals surface area (Å²) in [7, 11) is 0. The lowest BCUT2D eigenvalue weighted by atomic mass is 9.93. The second kappa shape index (κ2) is 4.45. The van der Waals surface area contributed by atoms with E-state index in [2.05, 4.69) is 21.2 Å². The highest BCUT2D eigenvalue weighted by Crippen LogP contribution is 2.19. The normalized spacial score (nSPS) is 16.1. The molecule has 1 aliphatic rings. The average Bonchev–Trinajstić information content (AvgIpc) is 2.08. The van der Waals surface area contributed by atoms with Crippen molar-refractivity contribution in [2.75, 3.05) is 13.1 Å². The summed E-state index contributed by atoms with van der Waals surface area (Å²) < 4.78 is 1.08. The Hall–Kier alpha value is -0.670. The van der Waals surface area contributed by atoms with Gasteiger partial charge in [-0.15, -0.1) is 0 Å². The molecule has 0 amide bonds. The van der Waals surface area contributed by atoms with E-state index in [-0.39, 0.29) is 5.92 Å². The van der Waals surface area contributed by atoms with Gasteiger partial charge >= 0.3 is 0 Å². The average molecular weight is 268 g/mol. The third-order valence-corrected chi connectivity index (χ3v) is 3.71. The van der Waals surface area contributed by atoms with E-state index in [1.807, 2.05) is 25.1 Å². The lowest BCUT2D eigenvalue weighted by molar-refractivity contribution is -0.123. The van der Waals surface area contributed by atoms with Crippen molar-refractivity contribution in [2.24, 2.45) is 5.92 Å². The third kappa shape index (κ3) is 2.47. The Morgan fingerprint density at radius 3 is 2.80 bits per heavy atom. The number of ketones is 1. The van der Waals surface area contributed by atoms with Crippen LogP contribution in [0.2, 0.25) is 0 Å². The molecule has 2 nitrogen and oxygen atoms in total. The number of nitrogens with one attached hydrogen (secondary N) is 1. The topological polar surface area (TPSA) is 29.1 Å². The summed E-state index contributed by atoms with van der Waals surface area (Å²) in [5.74, 6) is 0.592.